The van der Waals surface area contributed by atoms with Gasteiger partial charge in [-0.1, -0.05) is 17.7 Å². The van der Waals surface area contributed by atoms with Crippen LogP contribution in [0.15, 0.2) is 42.5 Å². The molecule has 2 unspecified atom stereocenters. The van der Waals surface area contributed by atoms with E-state index in [0.717, 1.165) is 11.1 Å². The summed E-state index contributed by atoms with van der Waals surface area (Å²) in [5.74, 6) is 0.128. The molecule has 2 amide bonds. The minimum absolute atomic E-state index is 0.472. The number of hydrazine groups is 1. The summed E-state index contributed by atoms with van der Waals surface area (Å²) in [6.07, 6.45) is -1.58. The van der Waals surface area contributed by atoms with Crippen LogP contribution in [0.25, 0.3) is 0 Å². The lowest BCUT2D eigenvalue weighted by Crippen LogP contribution is -2.50. The third-order valence-corrected chi connectivity index (χ3v) is 4.22. The number of ether oxygens (including phenoxy) is 2. The minimum atomic E-state index is -0.803. The van der Waals surface area contributed by atoms with E-state index in [1.54, 1.807) is 44.2 Å². The van der Waals surface area contributed by atoms with E-state index in [9.17, 15) is 9.59 Å². The lowest BCUT2D eigenvalue weighted by Gasteiger charge is -2.18. The summed E-state index contributed by atoms with van der Waals surface area (Å²) in [6, 6.07) is 12.2. The lowest BCUT2D eigenvalue weighted by molar-refractivity contribution is -0.135. The van der Waals surface area contributed by atoms with Gasteiger partial charge in [-0.2, -0.15) is 0 Å². The van der Waals surface area contributed by atoms with E-state index in [1.165, 1.54) is 0 Å². The van der Waals surface area contributed by atoms with Crippen LogP contribution >= 0.6 is 11.6 Å². The topological polar surface area (TPSA) is 76.7 Å². The molecule has 144 valence electrons. The summed E-state index contributed by atoms with van der Waals surface area (Å²) < 4.78 is 11.1. The van der Waals surface area contributed by atoms with Crippen molar-refractivity contribution in [1.82, 2.24) is 10.9 Å². The maximum Gasteiger partial charge on any atom is 0.279 e. The quantitative estimate of drug-likeness (QED) is 0.741. The van der Waals surface area contributed by atoms with E-state index in [0.29, 0.717) is 16.5 Å². The molecule has 0 spiro atoms. The van der Waals surface area contributed by atoms with Gasteiger partial charge in [0, 0.05) is 5.02 Å². The van der Waals surface area contributed by atoms with Gasteiger partial charge in [0.2, 0.25) is 0 Å². The van der Waals surface area contributed by atoms with Gasteiger partial charge in [0.15, 0.2) is 12.2 Å². The molecular formula is C20H23ClN2O4. The molecule has 2 aromatic carbocycles. The van der Waals surface area contributed by atoms with E-state index in [2.05, 4.69) is 10.9 Å². The number of hydrogen-bond donors (Lipinski definition) is 2. The molecule has 0 heterocycles. The third-order valence-electron chi connectivity index (χ3n) is 3.97. The number of rotatable bonds is 6. The number of hydrogen-bond acceptors (Lipinski definition) is 4. The van der Waals surface area contributed by atoms with Crippen LogP contribution < -0.4 is 20.3 Å². The zero-order chi connectivity index (χ0) is 20.0. The molecule has 7 heteroatoms. The second-order valence-electron chi connectivity index (χ2n) is 6.20. The molecule has 0 aliphatic heterocycles. The van der Waals surface area contributed by atoms with Crippen molar-refractivity contribution in [2.24, 2.45) is 0 Å². The highest BCUT2D eigenvalue weighted by Crippen LogP contribution is 2.18. The largest absolute Gasteiger partial charge is 0.481 e. The Morgan fingerprint density at radius 1 is 0.815 bits per heavy atom. The molecule has 2 rings (SSSR count). The molecule has 2 atom stereocenters. The smallest absolute Gasteiger partial charge is 0.279 e. The van der Waals surface area contributed by atoms with Gasteiger partial charge >= 0.3 is 0 Å². The summed E-state index contributed by atoms with van der Waals surface area (Å²) in [6.45, 7) is 7.14. The van der Waals surface area contributed by atoms with Gasteiger partial charge < -0.3 is 9.47 Å². The average molecular weight is 391 g/mol. The molecule has 2 aromatic rings. The average Bonchev–Trinajstić information content (AvgIpc) is 2.64. The van der Waals surface area contributed by atoms with Crippen LogP contribution in [0.3, 0.4) is 0 Å². The Morgan fingerprint density at radius 2 is 1.30 bits per heavy atom. The molecule has 2 N–H and O–H groups in total. The van der Waals surface area contributed by atoms with Crippen LogP contribution in [0, 0.1) is 13.8 Å². The number of halogens is 1. The first-order valence-corrected chi connectivity index (χ1v) is 8.90. The van der Waals surface area contributed by atoms with Crippen LogP contribution in [0.2, 0.25) is 5.02 Å². The fraction of sp³-hybridized carbons (Fsp3) is 0.300. The van der Waals surface area contributed by atoms with Gasteiger partial charge in [0.1, 0.15) is 11.5 Å². The van der Waals surface area contributed by atoms with Crippen molar-refractivity contribution in [1.29, 1.82) is 0 Å². The molecule has 0 aliphatic rings. The van der Waals surface area contributed by atoms with Crippen LogP contribution in [-0.4, -0.2) is 24.0 Å². The molecule has 0 saturated heterocycles. The molecule has 27 heavy (non-hydrogen) atoms. The minimum Gasteiger partial charge on any atom is -0.481 e. The number of benzene rings is 2. The van der Waals surface area contributed by atoms with Gasteiger partial charge in [-0.3, -0.25) is 20.4 Å². The Kier molecular flexibility index (Phi) is 7.07. The number of carbonyl (C=O) groups excluding carboxylic acids is 2. The van der Waals surface area contributed by atoms with Crippen molar-refractivity contribution >= 4 is 23.4 Å². The first-order chi connectivity index (χ1) is 12.8. The Balaban J connectivity index is 1.81. The van der Waals surface area contributed by atoms with E-state index < -0.39 is 24.0 Å². The van der Waals surface area contributed by atoms with E-state index >= 15 is 0 Å². The number of aryl methyl sites for hydroxylation is 2. The van der Waals surface area contributed by atoms with Crippen molar-refractivity contribution in [3.05, 3.63) is 58.6 Å². The summed E-state index contributed by atoms with van der Waals surface area (Å²) in [4.78, 5) is 24.2. The Labute approximate surface area is 163 Å². The van der Waals surface area contributed by atoms with Crippen molar-refractivity contribution in [3.63, 3.8) is 0 Å². The van der Waals surface area contributed by atoms with Gasteiger partial charge in [-0.25, -0.2) is 0 Å². The second kappa shape index (κ2) is 9.28. The number of carbonyl (C=O) groups is 2. The predicted molar refractivity (Wildman–Crippen MR) is 104 cm³/mol. The van der Waals surface area contributed by atoms with Gasteiger partial charge in [0.25, 0.3) is 11.8 Å². The van der Waals surface area contributed by atoms with E-state index in [1.807, 2.05) is 26.0 Å². The molecule has 0 bridgehead atoms. The maximum atomic E-state index is 12.1. The number of nitrogens with one attached hydrogen (secondary N) is 2. The monoisotopic (exact) mass is 390 g/mol. The molecule has 0 aliphatic carbocycles. The van der Waals surface area contributed by atoms with Crippen molar-refractivity contribution < 1.29 is 19.1 Å². The van der Waals surface area contributed by atoms with Crippen LogP contribution in [0.1, 0.15) is 25.0 Å². The standard InChI is InChI=1S/C20H23ClN2O4/c1-12-5-8-18(11-13(12)2)27-15(4)20(25)23-22-19(24)14(3)26-17-9-6-16(21)7-10-17/h5-11,14-15H,1-4H3,(H,22,24)(H,23,25). The maximum absolute atomic E-state index is 12.1. The first-order valence-electron chi connectivity index (χ1n) is 8.52. The molecule has 0 fully saturated rings. The highest BCUT2D eigenvalue weighted by Gasteiger charge is 2.19. The predicted octanol–water partition coefficient (Wildman–Crippen LogP) is 3.34. The molecule has 0 aromatic heterocycles. The zero-order valence-corrected chi connectivity index (χ0v) is 16.5. The summed E-state index contributed by atoms with van der Waals surface area (Å²) in [5, 5.41) is 0.574. The normalized spacial score (nSPS) is 12.6. The van der Waals surface area contributed by atoms with Crippen molar-refractivity contribution in [2.75, 3.05) is 0 Å². The van der Waals surface area contributed by atoms with E-state index in [-0.39, 0.29) is 0 Å². The molecule has 0 radical (unpaired) electrons. The van der Waals surface area contributed by atoms with Crippen molar-refractivity contribution in [3.8, 4) is 11.5 Å². The molecular weight excluding hydrogens is 368 g/mol. The van der Waals surface area contributed by atoms with Crippen LogP contribution in [0.5, 0.6) is 11.5 Å². The first kappa shape index (κ1) is 20.6. The Hall–Kier alpha value is -2.73. The zero-order valence-electron chi connectivity index (χ0n) is 15.7. The Bertz CT molecular complexity index is 808. The fourth-order valence-corrected chi connectivity index (χ4v) is 2.27. The summed E-state index contributed by atoms with van der Waals surface area (Å²) >= 11 is 5.81. The lowest BCUT2D eigenvalue weighted by atomic mass is 10.1. The SMILES string of the molecule is Cc1ccc(OC(C)C(=O)NNC(=O)C(C)Oc2ccc(Cl)cc2)cc1C. The highest BCUT2D eigenvalue weighted by molar-refractivity contribution is 6.30. The Morgan fingerprint density at radius 3 is 1.81 bits per heavy atom. The summed E-state index contributed by atoms with van der Waals surface area (Å²) in [5.41, 5.74) is 6.88. The number of amides is 2. The second-order valence-corrected chi connectivity index (χ2v) is 6.64. The van der Waals surface area contributed by atoms with Crippen LogP contribution in [-0.2, 0) is 9.59 Å². The molecule has 6 nitrogen and oxygen atoms in total. The highest BCUT2D eigenvalue weighted by atomic mass is 35.5. The molecule has 0 saturated carbocycles. The van der Waals surface area contributed by atoms with E-state index in [4.69, 9.17) is 21.1 Å². The summed E-state index contributed by atoms with van der Waals surface area (Å²) in [7, 11) is 0. The third kappa shape index (κ3) is 6.18. The van der Waals surface area contributed by atoms with Gasteiger partial charge in [0.05, 0.1) is 0 Å². The fourth-order valence-electron chi connectivity index (χ4n) is 2.14. The van der Waals surface area contributed by atoms with Gasteiger partial charge in [-0.05, 0) is 75.2 Å². The van der Waals surface area contributed by atoms with Crippen LogP contribution in [0.4, 0.5) is 0 Å². The van der Waals surface area contributed by atoms with Gasteiger partial charge in [-0.15, -0.1) is 0 Å². The van der Waals surface area contributed by atoms with Crippen molar-refractivity contribution in [2.45, 2.75) is 39.9 Å².